The predicted molar refractivity (Wildman–Crippen MR) is 29.6 cm³/mol. The third kappa shape index (κ3) is 0.955. The highest BCUT2D eigenvalue weighted by Gasteiger charge is 2.42. The molecule has 1 heterocycles. The Morgan fingerprint density at radius 3 is 2.00 bits per heavy atom. The molecule has 1 saturated heterocycles. The van der Waals surface area contributed by atoms with Crippen LogP contribution < -0.4 is 0 Å². The van der Waals surface area contributed by atoms with Crippen LogP contribution in [0.25, 0.3) is 0 Å². The molecule has 7 heteroatoms. The summed E-state index contributed by atoms with van der Waals surface area (Å²) in [4.78, 5) is 30.6. The fourth-order valence-electron chi connectivity index (χ4n) is 0.686. The normalized spacial score (nSPS) is 16.2. The number of imide groups is 1. The Kier molecular flexibility index (Phi) is 1.41. The molecule has 0 atom stereocenters. The first-order chi connectivity index (χ1) is 5.04. The summed E-state index contributed by atoms with van der Waals surface area (Å²) in [6.07, 6.45) is -3.03. The molecule has 2 N–H and O–H groups in total. The van der Waals surface area contributed by atoms with E-state index in [2.05, 4.69) is 0 Å². The molecular weight excluding hydrogens is 156 g/mol. The van der Waals surface area contributed by atoms with Crippen molar-refractivity contribution in [1.29, 1.82) is 0 Å². The van der Waals surface area contributed by atoms with E-state index in [9.17, 15) is 14.4 Å². The van der Waals surface area contributed by atoms with Crippen LogP contribution in [0.5, 0.6) is 0 Å². The van der Waals surface area contributed by atoms with E-state index in [1.807, 2.05) is 0 Å². The third-order valence-corrected chi connectivity index (χ3v) is 1.16. The second kappa shape index (κ2) is 2.11. The van der Waals surface area contributed by atoms with Gasteiger partial charge in [-0.25, -0.2) is 9.59 Å². The van der Waals surface area contributed by atoms with Crippen molar-refractivity contribution in [3.63, 3.8) is 0 Å². The number of carboxylic acid groups (broad SMARTS) is 2. The van der Waals surface area contributed by atoms with E-state index < -0.39 is 18.1 Å². The lowest BCUT2D eigenvalue weighted by Gasteiger charge is -2.36. The van der Waals surface area contributed by atoms with E-state index in [1.54, 1.807) is 0 Å². The van der Waals surface area contributed by atoms with Gasteiger partial charge in [-0.05, 0) is 0 Å². The molecule has 0 aromatic rings. The second-order valence-corrected chi connectivity index (χ2v) is 1.83. The Bertz CT molecular complexity index is 229. The zero-order valence-corrected chi connectivity index (χ0v) is 5.22. The average molecular weight is 160 g/mol. The van der Waals surface area contributed by atoms with Crippen molar-refractivity contribution < 1.29 is 24.6 Å². The maximum Gasteiger partial charge on any atom is 0.433 e. The summed E-state index contributed by atoms with van der Waals surface area (Å²) in [5.74, 6) is -0.736. The van der Waals surface area contributed by atoms with Gasteiger partial charge in [0.05, 0.1) is 0 Å². The van der Waals surface area contributed by atoms with E-state index in [1.165, 1.54) is 0 Å². The largest absolute Gasteiger partial charge is 0.464 e. The van der Waals surface area contributed by atoms with Crippen LogP contribution in [0.15, 0.2) is 0 Å². The quantitative estimate of drug-likeness (QED) is 0.493. The highest BCUT2D eigenvalue weighted by molar-refractivity contribution is 5.99. The number of hydrogen-bond donors (Lipinski definition) is 2. The first-order valence-electron chi connectivity index (χ1n) is 2.60. The average Bonchev–Trinajstić information content (AvgIpc) is 1.80. The van der Waals surface area contributed by atoms with Crippen LogP contribution in [0.1, 0.15) is 0 Å². The predicted octanol–water partition coefficient (Wildman–Crippen LogP) is -0.598. The number of rotatable bonds is 0. The van der Waals surface area contributed by atoms with Crippen LogP contribution in [-0.2, 0) is 4.79 Å². The topological polar surface area (TPSA) is 98.2 Å². The van der Waals surface area contributed by atoms with Gasteiger partial charge in [-0.3, -0.25) is 4.79 Å². The first-order valence-corrected chi connectivity index (χ1v) is 2.60. The summed E-state index contributed by atoms with van der Waals surface area (Å²) >= 11 is 0. The summed E-state index contributed by atoms with van der Waals surface area (Å²) in [6, 6.07) is 0. The number of carbonyl (C=O) groups is 3. The van der Waals surface area contributed by atoms with Crippen molar-refractivity contribution in [3.8, 4) is 0 Å². The molecule has 1 fully saturated rings. The zero-order chi connectivity index (χ0) is 8.59. The molecule has 1 aliphatic heterocycles. The Labute approximate surface area is 60.4 Å². The maximum absolute atomic E-state index is 10.4. The first kappa shape index (κ1) is 7.32. The minimum absolute atomic E-state index is 0.141. The molecule has 11 heavy (non-hydrogen) atoms. The van der Waals surface area contributed by atoms with E-state index in [4.69, 9.17) is 10.2 Å². The zero-order valence-electron chi connectivity index (χ0n) is 5.22. The van der Waals surface area contributed by atoms with Gasteiger partial charge >= 0.3 is 12.2 Å². The van der Waals surface area contributed by atoms with Crippen LogP contribution >= 0.6 is 0 Å². The van der Waals surface area contributed by atoms with Gasteiger partial charge in [0, 0.05) is 0 Å². The van der Waals surface area contributed by atoms with E-state index >= 15 is 0 Å². The summed E-state index contributed by atoms with van der Waals surface area (Å²) in [5, 5.41) is 17.0. The molecule has 1 rings (SSSR count). The Hall–Kier alpha value is -1.79. The Morgan fingerprint density at radius 1 is 1.27 bits per heavy atom. The number of carbonyl (C=O) groups excluding carboxylic acids is 1. The lowest BCUT2D eigenvalue weighted by atomic mass is 10.4. The molecule has 1 aliphatic rings. The maximum atomic E-state index is 10.4. The van der Waals surface area contributed by atoms with Gasteiger partial charge in [-0.1, -0.05) is 0 Å². The Balaban J connectivity index is 2.69. The van der Waals surface area contributed by atoms with Gasteiger partial charge in [-0.2, -0.15) is 5.01 Å². The highest BCUT2D eigenvalue weighted by Crippen LogP contribution is 2.11. The fourth-order valence-corrected chi connectivity index (χ4v) is 0.686. The summed E-state index contributed by atoms with van der Waals surface area (Å²) in [6.45, 7) is -0.387. The Morgan fingerprint density at radius 2 is 1.82 bits per heavy atom. The summed E-state index contributed by atoms with van der Waals surface area (Å²) in [7, 11) is 0. The monoisotopic (exact) mass is 160 g/mol. The van der Waals surface area contributed by atoms with Crippen molar-refractivity contribution in [2.45, 2.75) is 0 Å². The molecule has 60 valence electrons. The lowest BCUT2D eigenvalue weighted by Crippen LogP contribution is -2.65. The van der Waals surface area contributed by atoms with Gasteiger partial charge < -0.3 is 10.2 Å². The lowest BCUT2D eigenvalue weighted by molar-refractivity contribution is -0.161. The summed E-state index contributed by atoms with van der Waals surface area (Å²) < 4.78 is 0. The van der Waals surface area contributed by atoms with Crippen molar-refractivity contribution in [2.24, 2.45) is 0 Å². The van der Waals surface area contributed by atoms with Gasteiger partial charge in [-0.15, -0.1) is 5.01 Å². The summed E-state index contributed by atoms with van der Waals surface area (Å²) in [5.41, 5.74) is 0. The van der Waals surface area contributed by atoms with Crippen LogP contribution in [0.3, 0.4) is 0 Å². The fraction of sp³-hybridized carbons (Fsp3) is 0.250. The van der Waals surface area contributed by atoms with E-state index in [0.717, 1.165) is 0 Å². The van der Waals surface area contributed by atoms with Gasteiger partial charge in [0.2, 0.25) is 0 Å². The van der Waals surface area contributed by atoms with Crippen molar-refractivity contribution in [3.05, 3.63) is 0 Å². The minimum Gasteiger partial charge on any atom is -0.464 e. The van der Waals surface area contributed by atoms with Gasteiger partial charge in [0.1, 0.15) is 6.54 Å². The van der Waals surface area contributed by atoms with Crippen LogP contribution in [0.4, 0.5) is 9.59 Å². The molecule has 7 nitrogen and oxygen atoms in total. The van der Waals surface area contributed by atoms with Crippen LogP contribution in [-0.4, -0.2) is 44.9 Å². The minimum atomic E-state index is -1.58. The van der Waals surface area contributed by atoms with Crippen molar-refractivity contribution >= 4 is 18.1 Å². The van der Waals surface area contributed by atoms with Crippen LogP contribution in [0.2, 0.25) is 0 Å². The molecular formula is C4H4N2O5. The molecule has 0 bridgehead atoms. The number of amides is 3. The molecule has 0 spiro atoms. The molecule has 0 saturated carbocycles. The molecule has 0 radical (unpaired) electrons. The second-order valence-electron chi connectivity index (χ2n) is 1.83. The SMILES string of the molecule is O=C(O)N1CC(=O)N1C(=O)O. The van der Waals surface area contributed by atoms with Crippen LogP contribution in [0, 0.1) is 0 Å². The van der Waals surface area contributed by atoms with E-state index in [-0.39, 0.29) is 11.6 Å². The molecule has 0 aromatic carbocycles. The highest BCUT2D eigenvalue weighted by atomic mass is 16.4. The third-order valence-electron chi connectivity index (χ3n) is 1.16. The van der Waals surface area contributed by atoms with Gasteiger partial charge in [0.25, 0.3) is 5.91 Å². The van der Waals surface area contributed by atoms with Gasteiger partial charge in [0.15, 0.2) is 0 Å². The van der Waals surface area contributed by atoms with Crippen molar-refractivity contribution in [2.75, 3.05) is 6.54 Å². The molecule has 3 amide bonds. The smallest absolute Gasteiger partial charge is 0.433 e. The molecule has 0 unspecified atom stereocenters. The van der Waals surface area contributed by atoms with Crippen molar-refractivity contribution in [1.82, 2.24) is 10.0 Å². The number of hydrazine groups is 1. The number of nitrogens with zero attached hydrogens (tertiary/aromatic N) is 2. The van der Waals surface area contributed by atoms with E-state index in [0.29, 0.717) is 5.01 Å². The standard InChI is InChI=1S/C4H4N2O5/c7-2-1-5(3(8)9)6(2)4(10)11/h1H2,(H,8,9)(H,10,11). The molecule has 0 aliphatic carbocycles. The molecule has 0 aromatic heterocycles. The number of hydrogen-bond acceptors (Lipinski definition) is 3.